The van der Waals surface area contributed by atoms with E-state index in [0.29, 0.717) is 17.1 Å². The van der Waals surface area contributed by atoms with Crippen LogP contribution in [0.15, 0.2) is 16.5 Å². The van der Waals surface area contributed by atoms with Crippen molar-refractivity contribution in [2.75, 3.05) is 13.1 Å². The van der Waals surface area contributed by atoms with Crippen molar-refractivity contribution in [2.24, 2.45) is 0 Å². The lowest BCUT2D eigenvalue weighted by Gasteiger charge is -2.16. The van der Waals surface area contributed by atoms with Gasteiger partial charge in [0, 0.05) is 6.42 Å². The summed E-state index contributed by atoms with van der Waals surface area (Å²) in [7, 11) is 0. The molecule has 2 N–H and O–H groups in total. The SMILES string of the molecule is CCc1ccc(C(=O)N(CC(=O)O)CC(=O)O)o1. The number of carbonyl (C=O) groups is 3. The summed E-state index contributed by atoms with van der Waals surface area (Å²) in [5, 5.41) is 17.3. The van der Waals surface area contributed by atoms with Crippen LogP contribution in [0.25, 0.3) is 0 Å². The molecule has 1 amide bonds. The van der Waals surface area contributed by atoms with Crippen molar-refractivity contribution in [3.05, 3.63) is 23.7 Å². The Hall–Kier alpha value is -2.31. The van der Waals surface area contributed by atoms with E-state index in [1.807, 2.05) is 6.92 Å². The number of carboxylic acids is 2. The van der Waals surface area contributed by atoms with Crippen molar-refractivity contribution in [2.45, 2.75) is 13.3 Å². The second kappa shape index (κ2) is 5.85. The van der Waals surface area contributed by atoms with Crippen LogP contribution in [0, 0.1) is 0 Å². The number of furan rings is 1. The Kier molecular flexibility index (Phi) is 4.47. The zero-order chi connectivity index (χ0) is 13.7. The molecule has 0 radical (unpaired) electrons. The van der Waals surface area contributed by atoms with Crippen molar-refractivity contribution >= 4 is 17.8 Å². The summed E-state index contributed by atoms with van der Waals surface area (Å²) in [6.45, 7) is 0.458. The van der Waals surface area contributed by atoms with Crippen LogP contribution in [-0.2, 0) is 16.0 Å². The first-order chi connectivity index (χ1) is 8.43. The number of hydrogen-bond acceptors (Lipinski definition) is 4. The summed E-state index contributed by atoms with van der Waals surface area (Å²) in [6.07, 6.45) is 0.588. The maximum absolute atomic E-state index is 11.9. The molecular weight excluding hydrogens is 242 g/mol. The summed E-state index contributed by atoms with van der Waals surface area (Å²) >= 11 is 0. The van der Waals surface area contributed by atoms with E-state index < -0.39 is 30.9 Å². The number of aliphatic carboxylic acids is 2. The number of nitrogens with zero attached hydrogens (tertiary/aromatic N) is 1. The van der Waals surface area contributed by atoms with Crippen molar-refractivity contribution < 1.29 is 29.0 Å². The van der Waals surface area contributed by atoms with E-state index in [1.165, 1.54) is 6.07 Å². The lowest BCUT2D eigenvalue weighted by Crippen LogP contribution is -2.39. The zero-order valence-electron chi connectivity index (χ0n) is 9.75. The van der Waals surface area contributed by atoms with E-state index in [0.717, 1.165) is 0 Å². The largest absolute Gasteiger partial charge is 0.480 e. The van der Waals surface area contributed by atoms with E-state index >= 15 is 0 Å². The first-order valence-electron chi connectivity index (χ1n) is 5.25. The van der Waals surface area contributed by atoms with E-state index in [-0.39, 0.29) is 5.76 Å². The molecule has 1 rings (SSSR count). The van der Waals surface area contributed by atoms with Gasteiger partial charge in [0.1, 0.15) is 18.8 Å². The normalized spacial score (nSPS) is 10.1. The average Bonchev–Trinajstić information content (AvgIpc) is 2.74. The standard InChI is InChI=1S/C11H13NO6/c1-2-7-3-4-8(18-7)11(17)12(5-9(13)14)6-10(15)16/h3-4H,2,5-6H2,1H3,(H,13,14)(H,15,16). The smallest absolute Gasteiger partial charge is 0.323 e. The highest BCUT2D eigenvalue weighted by Crippen LogP contribution is 2.11. The second-order valence-corrected chi connectivity index (χ2v) is 3.57. The summed E-state index contributed by atoms with van der Waals surface area (Å²) in [4.78, 5) is 33.7. The van der Waals surface area contributed by atoms with Crippen LogP contribution in [0.2, 0.25) is 0 Å². The van der Waals surface area contributed by atoms with Gasteiger partial charge in [-0.05, 0) is 12.1 Å². The van der Waals surface area contributed by atoms with E-state index in [2.05, 4.69) is 0 Å². The lowest BCUT2D eigenvalue weighted by molar-refractivity contribution is -0.140. The van der Waals surface area contributed by atoms with Gasteiger partial charge in [-0.2, -0.15) is 0 Å². The highest BCUT2D eigenvalue weighted by atomic mass is 16.4. The number of rotatable bonds is 6. The molecule has 0 aliphatic heterocycles. The fourth-order valence-corrected chi connectivity index (χ4v) is 1.36. The van der Waals surface area contributed by atoms with Crippen LogP contribution < -0.4 is 0 Å². The Labute approximate surface area is 103 Å². The van der Waals surface area contributed by atoms with E-state index in [4.69, 9.17) is 14.6 Å². The number of carboxylic acid groups (broad SMARTS) is 2. The van der Waals surface area contributed by atoms with Crippen molar-refractivity contribution in [3.63, 3.8) is 0 Å². The third kappa shape index (κ3) is 3.62. The quantitative estimate of drug-likeness (QED) is 0.764. The van der Waals surface area contributed by atoms with Gasteiger partial charge in [-0.1, -0.05) is 6.92 Å². The Morgan fingerprint density at radius 2 is 1.72 bits per heavy atom. The van der Waals surface area contributed by atoms with Gasteiger partial charge in [0.25, 0.3) is 5.91 Å². The first kappa shape index (κ1) is 13.8. The molecule has 0 aromatic carbocycles. The molecule has 0 spiro atoms. The molecule has 7 heteroatoms. The molecule has 18 heavy (non-hydrogen) atoms. The number of carbonyl (C=O) groups excluding carboxylic acids is 1. The van der Waals surface area contributed by atoms with Gasteiger partial charge < -0.3 is 19.5 Å². The molecule has 0 bridgehead atoms. The van der Waals surface area contributed by atoms with Gasteiger partial charge in [-0.25, -0.2) is 0 Å². The molecule has 98 valence electrons. The van der Waals surface area contributed by atoms with Crippen molar-refractivity contribution in [1.29, 1.82) is 0 Å². The van der Waals surface area contributed by atoms with Gasteiger partial charge in [0.2, 0.25) is 0 Å². The van der Waals surface area contributed by atoms with Crippen LogP contribution in [-0.4, -0.2) is 46.0 Å². The average molecular weight is 255 g/mol. The maximum atomic E-state index is 11.9. The third-order valence-corrected chi connectivity index (χ3v) is 2.16. The van der Waals surface area contributed by atoms with Gasteiger partial charge in [-0.3, -0.25) is 14.4 Å². The molecular formula is C11H13NO6. The predicted octanol–water partition coefficient (Wildman–Crippen LogP) is 0.453. The molecule has 0 fully saturated rings. The van der Waals surface area contributed by atoms with Gasteiger partial charge in [0.05, 0.1) is 0 Å². The Balaban J connectivity index is 2.86. The fraction of sp³-hybridized carbons (Fsp3) is 0.364. The van der Waals surface area contributed by atoms with Crippen LogP contribution in [0.3, 0.4) is 0 Å². The Morgan fingerprint density at radius 3 is 2.11 bits per heavy atom. The summed E-state index contributed by atoms with van der Waals surface area (Å²) < 4.78 is 5.16. The minimum absolute atomic E-state index is 0.0608. The summed E-state index contributed by atoms with van der Waals surface area (Å²) in [6, 6.07) is 2.99. The Morgan fingerprint density at radius 1 is 1.17 bits per heavy atom. The molecule has 1 aromatic heterocycles. The fourth-order valence-electron chi connectivity index (χ4n) is 1.36. The molecule has 0 aliphatic rings. The van der Waals surface area contributed by atoms with Gasteiger partial charge >= 0.3 is 11.9 Å². The minimum Gasteiger partial charge on any atom is -0.480 e. The van der Waals surface area contributed by atoms with Gasteiger partial charge in [0.15, 0.2) is 5.76 Å². The van der Waals surface area contributed by atoms with E-state index in [9.17, 15) is 14.4 Å². The molecule has 7 nitrogen and oxygen atoms in total. The highest BCUT2D eigenvalue weighted by molar-refractivity contribution is 5.95. The number of amides is 1. The van der Waals surface area contributed by atoms with Crippen molar-refractivity contribution in [3.8, 4) is 0 Å². The lowest BCUT2D eigenvalue weighted by atomic mass is 10.3. The molecule has 1 heterocycles. The van der Waals surface area contributed by atoms with Crippen LogP contribution in [0.4, 0.5) is 0 Å². The van der Waals surface area contributed by atoms with Crippen LogP contribution >= 0.6 is 0 Å². The summed E-state index contributed by atoms with van der Waals surface area (Å²) in [5.41, 5.74) is 0. The monoisotopic (exact) mass is 255 g/mol. The van der Waals surface area contributed by atoms with E-state index in [1.54, 1.807) is 6.07 Å². The highest BCUT2D eigenvalue weighted by Gasteiger charge is 2.23. The number of aryl methyl sites for hydroxylation is 1. The van der Waals surface area contributed by atoms with Crippen LogP contribution in [0.1, 0.15) is 23.2 Å². The Bertz CT molecular complexity index is 448. The van der Waals surface area contributed by atoms with Gasteiger partial charge in [-0.15, -0.1) is 0 Å². The molecule has 0 unspecified atom stereocenters. The van der Waals surface area contributed by atoms with Crippen molar-refractivity contribution in [1.82, 2.24) is 4.90 Å². The zero-order valence-corrected chi connectivity index (χ0v) is 9.75. The predicted molar refractivity (Wildman–Crippen MR) is 59.3 cm³/mol. The molecule has 0 saturated heterocycles. The maximum Gasteiger partial charge on any atom is 0.323 e. The molecule has 0 atom stereocenters. The molecule has 1 aromatic rings. The summed E-state index contributed by atoms with van der Waals surface area (Å²) in [5.74, 6) is -2.81. The topological polar surface area (TPSA) is 108 Å². The second-order valence-electron chi connectivity index (χ2n) is 3.57. The third-order valence-electron chi connectivity index (χ3n) is 2.16. The van der Waals surface area contributed by atoms with Crippen LogP contribution in [0.5, 0.6) is 0 Å². The first-order valence-corrected chi connectivity index (χ1v) is 5.25. The minimum atomic E-state index is -1.29. The molecule has 0 saturated carbocycles. The molecule has 0 aliphatic carbocycles. The number of hydrogen-bond donors (Lipinski definition) is 2.